The average Bonchev–Trinajstić information content (AvgIpc) is 3.28. The van der Waals surface area contributed by atoms with E-state index in [1.165, 1.54) is 18.8 Å². The first-order valence-corrected chi connectivity index (χ1v) is 11.8. The molecule has 0 saturated carbocycles. The number of hydrogen-bond acceptors (Lipinski definition) is 7. The Balaban J connectivity index is 1.17. The standard InChI is InChI=1S/C24H18F4N6O2S/c25-16-8-15(24(26,27)28)9-17(10-16)32-21(35)33-18-11-29-22(30-12-18)36-19-4-2-14(3-5-19)20-13-31-23(37-20)34-6-1-7-34/h2-5,8-13H,1,6-7H2,(H2,32,33,35). The van der Waals surface area contributed by atoms with E-state index in [0.29, 0.717) is 17.9 Å². The summed E-state index contributed by atoms with van der Waals surface area (Å²) in [5, 5.41) is 5.52. The monoisotopic (exact) mass is 530 g/mol. The summed E-state index contributed by atoms with van der Waals surface area (Å²) in [6, 6.07) is 8.22. The largest absolute Gasteiger partial charge is 0.424 e. The van der Waals surface area contributed by atoms with E-state index in [-0.39, 0.29) is 17.4 Å². The number of nitrogens with zero attached hydrogens (tertiary/aromatic N) is 4. The molecule has 2 aromatic heterocycles. The molecule has 1 saturated heterocycles. The van der Waals surface area contributed by atoms with Gasteiger partial charge < -0.3 is 20.3 Å². The summed E-state index contributed by atoms with van der Waals surface area (Å²) in [5.74, 6) is -0.632. The number of benzene rings is 2. The van der Waals surface area contributed by atoms with Crippen LogP contribution in [0, 0.1) is 5.82 Å². The maximum absolute atomic E-state index is 13.5. The lowest BCUT2D eigenvalue weighted by atomic mass is 10.2. The van der Waals surface area contributed by atoms with Gasteiger partial charge in [-0.25, -0.2) is 24.1 Å². The lowest BCUT2D eigenvalue weighted by molar-refractivity contribution is -0.137. The second-order valence-electron chi connectivity index (χ2n) is 8.03. The van der Waals surface area contributed by atoms with Gasteiger partial charge in [0, 0.05) is 25.0 Å². The lowest BCUT2D eigenvalue weighted by Gasteiger charge is -2.30. The molecule has 2 amide bonds. The molecule has 0 atom stereocenters. The molecular formula is C24H18F4N6O2S. The molecule has 0 unspecified atom stereocenters. The molecule has 5 rings (SSSR count). The zero-order chi connectivity index (χ0) is 26.0. The van der Waals surface area contributed by atoms with E-state index >= 15 is 0 Å². The number of anilines is 3. The molecule has 8 nitrogen and oxygen atoms in total. The first kappa shape index (κ1) is 24.4. The van der Waals surface area contributed by atoms with Gasteiger partial charge in [-0.3, -0.25) is 0 Å². The molecule has 2 aromatic carbocycles. The summed E-state index contributed by atoms with van der Waals surface area (Å²) in [6.07, 6.45) is 0.809. The van der Waals surface area contributed by atoms with Crippen molar-refractivity contribution in [2.24, 2.45) is 0 Å². The highest BCUT2D eigenvalue weighted by Gasteiger charge is 2.31. The van der Waals surface area contributed by atoms with Crippen molar-refractivity contribution in [2.45, 2.75) is 12.6 Å². The summed E-state index contributed by atoms with van der Waals surface area (Å²) >= 11 is 1.63. The molecule has 190 valence electrons. The number of aromatic nitrogens is 3. The maximum atomic E-state index is 13.5. The van der Waals surface area contributed by atoms with Crippen LogP contribution >= 0.6 is 11.3 Å². The van der Waals surface area contributed by atoms with Gasteiger partial charge in [-0.2, -0.15) is 13.2 Å². The van der Waals surface area contributed by atoms with E-state index in [1.807, 2.05) is 18.3 Å². The Bertz CT molecular complexity index is 1410. The molecule has 3 heterocycles. The zero-order valence-corrected chi connectivity index (χ0v) is 19.7. The van der Waals surface area contributed by atoms with E-state index < -0.39 is 23.6 Å². The Morgan fingerprint density at radius 2 is 1.65 bits per heavy atom. The van der Waals surface area contributed by atoms with E-state index in [2.05, 4.69) is 30.5 Å². The van der Waals surface area contributed by atoms with Crippen LogP contribution in [-0.4, -0.2) is 34.1 Å². The van der Waals surface area contributed by atoms with Crippen molar-refractivity contribution in [3.05, 3.63) is 72.4 Å². The number of carbonyl (C=O) groups excluding carboxylic acids is 1. The molecule has 1 fully saturated rings. The van der Waals surface area contributed by atoms with Gasteiger partial charge in [-0.1, -0.05) is 11.3 Å². The quantitative estimate of drug-likeness (QED) is 0.280. The van der Waals surface area contributed by atoms with Crippen LogP contribution in [-0.2, 0) is 6.18 Å². The second kappa shape index (κ2) is 10.0. The number of rotatable bonds is 6. The molecule has 0 aliphatic carbocycles. The number of nitrogens with one attached hydrogen (secondary N) is 2. The van der Waals surface area contributed by atoms with Gasteiger partial charge in [0.15, 0.2) is 5.13 Å². The fraction of sp³-hybridized carbons (Fsp3) is 0.167. The fourth-order valence-corrected chi connectivity index (χ4v) is 4.37. The van der Waals surface area contributed by atoms with Gasteiger partial charge in [0.2, 0.25) is 0 Å². The highest BCUT2D eigenvalue weighted by atomic mass is 32.1. The molecule has 13 heteroatoms. The third kappa shape index (κ3) is 5.94. The molecule has 0 bridgehead atoms. The Morgan fingerprint density at radius 3 is 2.30 bits per heavy atom. The van der Waals surface area contributed by atoms with E-state index in [0.717, 1.165) is 34.7 Å². The molecule has 1 aliphatic rings. The lowest BCUT2D eigenvalue weighted by Crippen LogP contribution is -2.36. The minimum Gasteiger partial charge on any atom is -0.424 e. The van der Waals surface area contributed by atoms with Crippen LogP contribution in [0.4, 0.5) is 38.9 Å². The molecule has 0 spiro atoms. The van der Waals surface area contributed by atoms with Gasteiger partial charge in [-0.05, 0) is 54.4 Å². The molecular weight excluding hydrogens is 512 g/mol. The maximum Gasteiger partial charge on any atom is 0.416 e. The normalized spacial score (nSPS) is 13.1. The second-order valence-corrected chi connectivity index (χ2v) is 9.04. The smallest absolute Gasteiger partial charge is 0.416 e. The number of amides is 2. The third-order valence-electron chi connectivity index (χ3n) is 5.34. The number of urea groups is 1. The van der Waals surface area contributed by atoms with Gasteiger partial charge >= 0.3 is 18.2 Å². The third-order valence-corrected chi connectivity index (χ3v) is 6.44. The summed E-state index contributed by atoms with van der Waals surface area (Å²) in [6.45, 7) is 2.07. The molecule has 37 heavy (non-hydrogen) atoms. The van der Waals surface area contributed by atoms with Crippen molar-refractivity contribution >= 4 is 33.9 Å². The van der Waals surface area contributed by atoms with Gasteiger partial charge in [0.25, 0.3) is 0 Å². The first-order valence-electron chi connectivity index (χ1n) is 11.0. The predicted molar refractivity (Wildman–Crippen MR) is 131 cm³/mol. The summed E-state index contributed by atoms with van der Waals surface area (Å²) < 4.78 is 57.7. The van der Waals surface area contributed by atoms with Crippen LogP contribution in [0.5, 0.6) is 11.8 Å². The van der Waals surface area contributed by atoms with Crippen LogP contribution < -0.4 is 20.3 Å². The first-order chi connectivity index (χ1) is 17.7. The zero-order valence-electron chi connectivity index (χ0n) is 18.9. The van der Waals surface area contributed by atoms with E-state index in [9.17, 15) is 22.4 Å². The Kier molecular flexibility index (Phi) is 6.61. The van der Waals surface area contributed by atoms with Gasteiger partial charge in [0.05, 0.1) is 28.5 Å². The van der Waals surface area contributed by atoms with Crippen molar-refractivity contribution < 1.29 is 27.1 Å². The van der Waals surface area contributed by atoms with Crippen molar-refractivity contribution in [3.8, 4) is 22.2 Å². The molecule has 4 aromatic rings. The predicted octanol–water partition coefficient (Wildman–Crippen LogP) is 6.40. The Hall–Kier alpha value is -4.26. The Labute approximate surface area is 212 Å². The number of halogens is 4. The Morgan fingerprint density at radius 1 is 0.946 bits per heavy atom. The van der Waals surface area contributed by atoms with Crippen LogP contribution in [0.25, 0.3) is 10.4 Å². The van der Waals surface area contributed by atoms with E-state index in [1.54, 1.807) is 23.5 Å². The number of alkyl halides is 3. The van der Waals surface area contributed by atoms with Crippen molar-refractivity contribution in [1.82, 2.24) is 15.0 Å². The summed E-state index contributed by atoms with van der Waals surface area (Å²) in [7, 11) is 0. The van der Waals surface area contributed by atoms with Crippen molar-refractivity contribution in [2.75, 3.05) is 28.6 Å². The van der Waals surface area contributed by atoms with Crippen molar-refractivity contribution in [3.63, 3.8) is 0 Å². The van der Waals surface area contributed by atoms with Gasteiger partial charge in [-0.15, -0.1) is 0 Å². The summed E-state index contributed by atoms with van der Waals surface area (Å²) in [4.78, 5) is 27.9. The number of carbonyl (C=O) groups is 1. The molecule has 2 N–H and O–H groups in total. The van der Waals surface area contributed by atoms with Crippen LogP contribution in [0.3, 0.4) is 0 Å². The van der Waals surface area contributed by atoms with Crippen LogP contribution in [0.1, 0.15) is 12.0 Å². The SMILES string of the molecule is O=C(Nc1cnc(Oc2ccc(-c3cnc(N4CCC4)s3)cc2)nc1)Nc1cc(F)cc(C(F)(F)F)c1. The van der Waals surface area contributed by atoms with Crippen LogP contribution in [0.2, 0.25) is 0 Å². The topological polar surface area (TPSA) is 92.3 Å². The number of ether oxygens (including phenoxy) is 1. The number of hydrogen-bond donors (Lipinski definition) is 2. The van der Waals surface area contributed by atoms with E-state index in [4.69, 9.17) is 4.74 Å². The molecule has 1 aliphatic heterocycles. The fourth-order valence-electron chi connectivity index (χ4n) is 3.40. The van der Waals surface area contributed by atoms with Crippen LogP contribution in [0.15, 0.2) is 61.1 Å². The molecule has 0 radical (unpaired) electrons. The highest BCUT2D eigenvalue weighted by Crippen LogP contribution is 2.34. The van der Waals surface area contributed by atoms with Crippen molar-refractivity contribution in [1.29, 1.82) is 0 Å². The average molecular weight is 531 g/mol. The van der Waals surface area contributed by atoms with Gasteiger partial charge in [0.1, 0.15) is 11.6 Å². The minimum absolute atomic E-state index is 0.0246. The number of thiazole rings is 1. The summed E-state index contributed by atoms with van der Waals surface area (Å²) in [5.41, 5.74) is -0.423. The highest BCUT2D eigenvalue weighted by molar-refractivity contribution is 7.18. The minimum atomic E-state index is -4.75.